The maximum absolute atomic E-state index is 9.55. The van der Waals surface area contributed by atoms with Crippen LogP contribution < -0.4 is 0 Å². The van der Waals surface area contributed by atoms with Crippen LogP contribution in [0, 0.1) is 17.8 Å². The molecule has 0 aliphatic heterocycles. The first-order valence-electron chi connectivity index (χ1n) is 12.8. The summed E-state index contributed by atoms with van der Waals surface area (Å²) >= 11 is 0. The first kappa shape index (κ1) is 25.9. The Balaban J connectivity index is 0.000000366. The predicted octanol–water partition coefficient (Wildman–Crippen LogP) is 6.13. The molecule has 3 aliphatic rings. The maximum atomic E-state index is 9.55. The highest BCUT2D eigenvalue weighted by molar-refractivity contribution is 5.89. The Hall–Kier alpha value is -1.36. The third-order valence-electron chi connectivity index (χ3n) is 7.89. The SMILES string of the molecule is CN(CCC(C1CCCCC1)C1CCCCC1)C1CCCCC1.O=C(O)/C=C\C(=O)O. The van der Waals surface area contributed by atoms with E-state index in [4.69, 9.17) is 10.2 Å². The minimum atomic E-state index is -1.26. The molecule has 178 valence electrons. The Morgan fingerprint density at radius 3 is 1.52 bits per heavy atom. The van der Waals surface area contributed by atoms with E-state index in [-0.39, 0.29) is 0 Å². The second-order valence-electron chi connectivity index (χ2n) is 10.0. The third kappa shape index (κ3) is 10.2. The Labute approximate surface area is 189 Å². The van der Waals surface area contributed by atoms with Gasteiger partial charge in [-0.2, -0.15) is 0 Å². The van der Waals surface area contributed by atoms with Crippen LogP contribution in [0.5, 0.6) is 0 Å². The summed E-state index contributed by atoms with van der Waals surface area (Å²) in [6, 6.07) is 0.905. The lowest BCUT2D eigenvalue weighted by Gasteiger charge is -2.40. The Morgan fingerprint density at radius 1 is 0.742 bits per heavy atom. The van der Waals surface area contributed by atoms with Crippen molar-refractivity contribution in [2.45, 2.75) is 109 Å². The molecule has 0 heterocycles. The van der Waals surface area contributed by atoms with Crippen LogP contribution in [-0.2, 0) is 9.59 Å². The molecule has 0 bridgehead atoms. The van der Waals surface area contributed by atoms with Crippen molar-refractivity contribution in [1.82, 2.24) is 4.90 Å². The fraction of sp³-hybridized carbons (Fsp3) is 0.846. The van der Waals surface area contributed by atoms with Gasteiger partial charge in [0.25, 0.3) is 0 Å². The van der Waals surface area contributed by atoms with E-state index >= 15 is 0 Å². The van der Waals surface area contributed by atoms with E-state index in [1.54, 1.807) is 25.7 Å². The van der Waals surface area contributed by atoms with Crippen LogP contribution in [0.1, 0.15) is 103 Å². The molecule has 0 unspecified atom stereocenters. The van der Waals surface area contributed by atoms with Crippen LogP contribution in [-0.4, -0.2) is 46.7 Å². The quantitative estimate of drug-likeness (QED) is 0.448. The van der Waals surface area contributed by atoms with Gasteiger partial charge in [0.2, 0.25) is 0 Å². The highest BCUT2D eigenvalue weighted by atomic mass is 16.4. The third-order valence-corrected chi connectivity index (χ3v) is 7.89. The highest BCUT2D eigenvalue weighted by Crippen LogP contribution is 2.41. The fourth-order valence-electron chi connectivity index (χ4n) is 6.18. The molecule has 31 heavy (non-hydrogen) atoms. The molecule has 0 aromatic rings. The second-order valence-corrected chi connectivity index (χ2v) is 10.0. The fourth-order valence-corrected chi connectivity index (χ4v) is 6.18. The minimum absolute atomic E-state index is 0.558. The van der Waals surface area contributed by atoms with Gasteiger partial charge < -0.3 is 15.1 Å². The lowest BCUT2D eigenvalue weighted by Crippen LogP contribution is -2.37. The standard InChI is InChI=1S/C22H41N.C4H4O4/c1-23(21-15-9-4-10-16-21)18-17-22(19-11-5-2-6-12-19)20-13-7-3-8-14-20;5-3(6)1-2-4(7)8/h19-22H,2-18H2,1H3;1-2H,(H,5,6)(H,7,8)/b;2-1-. The van der Waals surface area contributed by atoms with E-state index in [0.29, 0.717) is 12.2 Å². The first-order chi connectivity index (χ1) is 15.0. The number of aliphatic carboxylic acids is 2. The van der Waals surface area contributed by atoms with E-state index < -0.39 is 11.9 Å². The number of hydrogen-bond donors (Lipinski definition) is 2. The molecule has 0 aromatic carbocycles. The van der Waals surface area contributed by atoms with E-state index in [0.717, 1.165) is 23.8 Å². The maximum Gasteiger partial charge on any atom is 0.328 e. The van der Waals surface area contributed by atoms with Gasteiger partial charge >= 0.3 is 11.9 Å². The molecule has 0 spiro atoms. The summed E-state index contributed by atoms with van der Waals surface area (Å²) in [6.45, 7) is 1.38. The summed E-state index contributed by atoms with van der Waals surface area (Å²) in [5, 5.41) is 15.6. The summed E-state index contributed by atoms with van der Waals surface area (Å²) in [7, 11) is 2.43. The molecule has 5 heteroatoms. The molecule has 5 nitrogen and oxygen atoms in total. The van der Waals surface area contributed by atoms with Crippen molar-refractivity contribution in [3.8, 4) is 0 Å². The van der Waals surface area contributed by atoms with Crippen LogP contribution in [0.4, 0.5) is 0 Å². The lowest BCUT2D eigenvalue weighted by atomic mass is 9.68. The zero-order chi connectivity index (χ0) is 22.5. The lowest BCUT2D eigenvalue weighted by molar-refractivity contribution is -0.134. The number of carbonyl (C=O) groups is 2. The molecule has 3 fully saturated rings. The molecule has 3 saturated carbocycles. The van der Waals surface area contributed by atoms with E-state index in [2.05, 4.69) is 11.9 Å². The molecule has 0 radical (unpaired) electrons. The highest BCUT2D eigenvalue weighted by Gasteiger charge is 2.31. The van der Waals surface area contributed by atoms with Crippen molar-refractivity contribution in [2.75, 3.05) is 13.6 Å². The largest absolute Gasteiger partial charge is 0.478 e. The molecule has 3 aliphatic carbocycles. The molecule has 0 atom stereocenters. The van der Waals surface area contributed by atoms with Gasteiger partial charge in [-0.1, -0.05) is 83.5 Å². The predicted molar refractivity (Wildman–Crippen MR) is 125 cm³/mol. The van der Waals surface area contributed by atoms with Gasteiger partial charge in [-0.15, -0.1) is 0 Å². The first-order valence-corrected chi connectivity index (χ1v) is 12.8. The summed E-state index contributed by atoms with van der Waals surface area (Å²) in [5.41, 5.74) is 0. The molecule has 0 amide bonds. The van der Waals surface area contributed by atoms with Crippen molar-refractivity contribution >= 4 is 11.9 Å². The van der Waals surface area contributed by atoms with Crippen LogP contribution in [0.15, 0.2) is 12.2 Å². The number of nitrogens with zero attached hydrogens (tertiary/aromatic N) is 1. The summed E-state index contributed by atoms with van der Waals surface area (Å²) in [6.07, 6.45) is 25.3. The van der Waals surface area contributed by atoms with Gasteiger partial charge in [0.05, 0.1) is 0 Å². The van der Waals surface area contributed by atoms with E-state index in [1.165, 1.54) is 83.6 Å². The second kappa shape index (κ2) is 14.7. The normalized spacial score (nSPS) is 21.9. The molecular weight excluding hydrogens is 390 g/mol. The monoisotopic (exact) mass is 435 g/mol. The van der Waals surface area contributed by atoms with Crippen molar-refractivity contribution in [3.05, 3.63) is 12.2 Å². The number of hydrogen-bond acceptors (Lipinski definition) is 3. The number of rotatable bonds is 8. The molecule has 2 N–H and O–H groups in total. The topological polar surface area (TPSA) is 77.8 Å². The average Bonchev–Trinajstić information content (AvgIpc) is 2.80. The minimum Gasteiger partial charge on any atom is -0.478 e. The van der Waals surface area contributed by atoms with Gasteiger partial charge in [0.15, 0.2) is 0 Å². The molecule has 0 aromatic heterocycles. The van der Waals surface area contributed by atoms with Crippen LogP contribution in [0.3, 0.4) is 0 Å². The Morgan fingerprint density at radius 2 is 1.13 bits per heavy atom. The van der Waals surface area contributed by atoms with Gasteiger partial charge in [-0.25, -0.2) is 9.59 Å². The molecular formula is C26H45NO4. The van der Waals surface area contributed by atoms with E-state index in [9.17, 15) is 9.59 Å². The van der Waals surface area contributed by atoms with Crippen molar-refractivity contribution in [1.29, 1.82) is 0 Å². The smallest absolute Gasteiger partial charge is 0.328 e. The molecule has 3 rings (SSSR count). The van der Waals surface area contributed by atoms with Gasteiger partial charge in [0, 0.05) is 18.2 Å². The van der Waals surface area contributed by atoms with Crippen LogP contribution >= 0.6 is 0 Å². The van der Waals surface area contributed by atoms with E-state index in [1.807, 2.05) is 0 Å². The zero-order valence-electron chi connectivity index (χ0n) is 19.6. The van der Waals surface area contributed by atoms with Crippen molar-refractivity contribution in [3.63, 3.8) is 0 Å². The summed E-state index contributed by atoms with van der Waals surface area (Å²) < 4.78 is 0. The van der Waals surface area contributed by atoms with Crippen molar-refractivity contribution < 1.29 is 19.8 Å². The number of carboxylic acids is 2. The summed E-state index contributed by atoms with van der Waals surface area (Å²) in [4.78, 5) is 21.9. The van der Waals surface area contributed by atoms with Gasteiger partial charge in [-0.05, 0) is 50.6 Å². The van der Waals surface area contributed by atoms with Gasteiger partial charge in [0.1, 0.15) is 0 Å². The summed E-state index contributed by atoms with van der Waals surface area (Å²) in [5.74, 6) is 0.694. The Kier molecular flexibility index (Phi) is 12.2. The van der Waals surface area contributed by atoms with Gasteiger partial charge in [-0.3, -0.25) is 0 Å². The zero-order valence-corrected chi connectivity index (χ0v) is 19.6. The van der Waals surface area contributed by atoms with Crippen molar-refractivity contribution in [2.24, 2.45) is 17.8 Å². The van der Waals surface area contributed by atoms with Crippen LogP contribution in [0.25, 0.3) is 0 Å². The van der Waals surface area contributed by atoms with Crippen LogP contribution in [0.2, 0.25) is 0 Å². The average molecular weight is 436 g/mol. The number of carboxylic acid groups (broad SMARTS) is 2. The Bertz CT molecular complexity index is 510. The molecule has 0 saturated heterocycles.